The number of aryl methyl sites for hydroxylation is 3. The minimum Gasteiger partial charge on any atom is -0.312 e. The quantitative estimate of drug-likeness (QED) is 0.899. The maximum atomic E-state index is 12.6. The molecule has 2 aromatic rings. The molecule has 23 heavy (non-hydrogen) atoms. The number of nitrogens with one attached hydrogen (secondary N) is 1. The van der Waals surface area contributed by atoms with Crippen molar-refractivity contribution in [2.75, 3.05) is 5.32 Å². The molecule has 4 heteroatoms. The summed E-state index contributed by atoms with van der Waals surface area (Å²) in [7, 11) is 0. The molecule has 1 N–H and O–H groups in total. The highest BCUT2D eigenvalue weighted by molar-refractivity contribution is 7.16. The zero-order chi connectivity index (χ0) is 15.8. The molecule has 0 bridgehead atoms. The van der Waals surface area contributed by atoms with Crippen LogP contribution < -0.4 is 5.32 Å². The molecule has 0 radical (unpaired) electrons. The van der Waals surface area contributed by atoms with Gasteiger partial charge in [-0.25, -0.2) is 0 Å². The average Bonchev–Trinajstić information content (AvgIpc) is 3.14. The smallest absolute Gasteiger partial charge is 0.256 e. The Hall–Kier alpha value is -2.12. The van der Waals surface area contributed by atoms with Crippen molar-refractivity contribution in [3.05, 3.63) is 50.9 Å². The van der Waals surface area contributed by atoms with E-state index in [4.69, 9.17) is 0 Å². The lowest BCUT2D eigenvalue weighted by Gasteiger charge is -2.16. The zero-order valence-corrected chi connectivity index (χ0v) is 13.8. The van der Waals surface area contributed by atoms with Gasteiger partial charge in [0.1, 0.15) is 11.1 Å². The summed E-state index contributed by atoms with van der Waals surface area (Å²) in [5, 5.41) is 13.1. The molecule has 0 unspecified atom stereocenters. The van der Waals surface area contributed by atoms with Crippen LogP contribution in [0.25, 0.3) is 0 Å². The number of carbonyl (C=O) groups excluding carboxylic acids is 1. The molecule has 3 nitrogen and oxygen atoms in total. The summed E-state index contributed by atoms with van der Waals surface area (Å²) in [6, 6.07) is 8.30. The number of amides is 1. The normalized spacial score (nSPS) is 15.6. The van der Waals surface area contributed by atoms with Crippen LogP contribution in [0, 0.1) is 11.3 Å². The Morgan fingerprint density at radius 1 is 1.09 bits per heavy atom. The fraction of sp³-hybridized carbons (Fsp3) is 0.368. The number of anilines is 1. The van der Waals surface area contributed by atoms with Gasteiger partial charge in [0.25, 0.3) is 5.91 Å². The van der Waals surface area contributed by atoms with Gasteiger partial charge in [0.2, 0.25) is 0 Å². The lowest BCUT2D eigenvalue weighted by atomic mass is 9.90. The maximum absolute atomic E-state index is 12.6. The van der Waals surface area contributed by atoms with Gasteiger partial charge in [-0.1, -0.05) is 6.07 Å². The maximum Gasteiger partial charge on any atom is 0.256 e. The SMILES string of the molecule is N#Cc1c(NC(=O)c2ccc3c(c2)CCCC3)sc2c1CCC2. The van der Waals surface area contributed by atoms with Gasteiger partial charge in [-0.05, 0) is 73.8 Å². The number of benzene rings is 1. The lowest BCUT2D eigenvalue weighted by Crippen LogP contribution is -2.13. The molecule has 1 aromatic heterocycles. The summed E-state index contributed by atoms with van der Waals surface area (Å²) in [6.07, 6.45) is 7.74. The highest BCUT2D eigenvalue weighted by atomic mass is 32.1. The van der Waals surface area contributed by atoms with Crippen LogP contribution in [0.15, 0.2) is 18.2 Å². The summed E-state index contributed by atoms with van der Waals surface area (Å²) in [5.74, 6) is -0.102. The Balaban J connectivity index is 1.60. The molecule has 0 aliphatic heterocycles. The topological polar surface area (TPSA) is 52.9 Å². The van der Waals surface area contributed by atoms with Crippen molar-refractivity contribution in [3.63, 3.8) is 0 Å². The number of rotatable bonds is 2. The van der Waals surface area contributed by atoms with Crippen molar-refractivity contribution in [1.82, 2.24) is 0 Å². The van der Waals surface area contributed by atoms with Gasteiger partial charge in [-0.3, -0.25) is 4.79 Å². The molecule has 1 aromatic carbocycles. The second kappa shape index (κ2) is 5.82. The van der Waals surface area contributed by atoms with E-state index in [1.54, 1.807) is 11.3 Å². The van der Waals surface area contributed by atoms with Gasteiger partial charge >= 0.3 is 0 Å². The van der Waals surface area contributed by atoms with Gasteiger partial charge in [-0.2, -0.15) is 5.26 Å². The average molecular weight is 322 g/mol. The van der Waals surface area contributed by atoms with Crippen LogP contribution in [0.2, 0.25) is 0 Å². The van der Waals surface area contributed by atoms with Crippen LogP contribution in [-0.4, -0.2) is 5.91 Å². The van der Waals surface area contributed by atoms with E-state index in [0.717, 1.165) is 42.7 Å². The number of hydrogen-bond acceptors (Lipinski definition) is 3. The van der Waals surface area contributed by atoms with Gasteiger partial charge in [0, 0.05) is 10.4 Å². The number of nitriles is 1. The molecular weight excluding hydrogens is 304 g/mol. The Morgan fingerprint density at radius 2 is 1.91 bits per heavy atom. The number of carbonyl (C=O) groups is 1. The summed E-state index contributed by atoms with van der Waals surface area (Å²) in [5.41, 5.74) is 5.20. The van der Waals surface area contributed by atoms with Crippen LogP contribution in [0.5, 0.6) is 0 Å². The van der Waals surface area contributed by atoms with E-state index < -0.39 is 0 Å². The molecule has 4 rings (SSSR count). The first-order valence-electron chi connectivity index (χ1n) is 8.24. The molecular formula is C19H18N2OS. The number of hydrogen-bond donors (Lipinski definition) is 1. The zero-order valence-electron chi connectivity index (χ0n) is 12.9. The first kappa shape index (κ1) is 14.5. The molecule has 0 fully saturated rings. The Labute approximate surface area is 140 Å². The van der Waals surface area contributed by atoms with Crippen LogP contribution in [-0.2, 0) is 25.7 Å². The molecule has 0 atom stereocenters. The molecule has 2 aliphatic rings. The molecule has 0 saturated carbocycles. The van der Waals surface area contributed by atoms with E-state index in [1.807, 2.05) is 12.1 Å². The first-order valence-corrected chi connectivity index (χ1v) is 9.05. The molecule has 2 aliphatic carbocycles. The van der Waals surface area contributed by atoms with Crippen molar-refractivity contribution in [3.8, 4) is 6.07 Å². The third-order valence-corrected chi connectivity index (χ3v) is 6.08. The van der Waals surface area contributed by atoms with Crippen molar-refractivity contribution in [2.45, 2.75) is 44.9 Å². The van der Waals surface area contributed by atoms with Crippen molar-refractivity contribution in [2.24, 2.45) is 0 Å². The highest BCUT2D eigenvalue weighted by Gasteiger charge is 2.23. The van der Waals surface area contributed by atoms with Crippen LogP contribution in [0.4, 0.5) is 5.00 Å². The summed E-state index contributed by atoms with van der Waals surface area (Å²) in [6.45, 7) is 0. The van der Waals surface area contributed by atoms with E-state index in [9.17, 15) is 10.1 Å². The number of nitrogens with zero attached hydrogens (tertiary/aromatic N) is 1. The minimum atomic E-state index is -0.102. The van der Waals surface area contributed by atoms with Crippen molar-refractivity contribution >= 4 is 22.2 Å². The first-order chi connectivity index (χ1) is 11.3. The predicted octanol–water partition coefficient (Wildman–Crippen LogP) is 4.24. The van der Waals surface area contributed by atoms with E-state index in [1.165, 1.54) is 28.8 Å². The summed E-state index contributed by atoms with van der Waals surface area (Å²) >= 11 is 1.57. The third kappa shape index (κ3) is 2.55. The number of fused-ring (bicyclic) bond motifs is 2. The highest BCUT2D eigenvalue weighted by Crippen LogP contribution is 2.38. The number of thiophene rings is 1. The van der Waals surface area contributed by atoms with E-state index in [0.29, 0.717) is 11.1 Å². The fourth-order valence-corrected chi connectivity index (χ4v) is 4.90. The summed E-state index contributed by atoms with van der Waals surface area (Å²) in [4.78, 5) is 13.8. The second-order valence-electron chi connectivity index (χ2n) is 6.32. The molecule has 116 valence electrons. The van der Waals surface area contributed by atoms with E-state index >= 15 is 0 Å². The van der Waals surface area contributed by atoms with Crippen LogP contribution in [0.1, 0.15) is 56.8 Å². The van der Waals surface area contributed by atoms with Crippen LogP contribution >= 0.6 is 11.3 Å². The van der Waals surface area contributed by atoms with Crippen molar-refractivity contribution < 1.29 is 4.79 Å². The molecule has 0 saturated heterocycles. The molecule has 1 amide bonds. The monoisotopic (exact) mass is 322 g/mol. The van der Waals surface area contributed by atoms with E-state index in [2.05, 4.69) is 17.5 Å². The van der Waals surface area contributed by atoms with Gasteiger partial charge in [-0.15, -0.1) is 11.3 Å². The van der Waals surface area contributed by atoms with Gasteiger partial charge < -0.3 is 5.32 Å². The van der Waals surface area contributed by atoms with Crippen molar-refractivity contribution in [1.29, 1.82) is 5.26 Å². The largest absolute Gasteiger partial charge is 0.312 e. The Morgan fingerprint density at radius 3 is 2.74 bits per heavy atom. The third-order valence-electron chi connectivity index (χ3n) is 4.87. The standard InChI is InChI=1S/C19H18N2OS/c20-11-16-15-6-3-7-17(15)23-19(16)21-18(22)14-9-8-12-4-1-2-5-13(12)10-14/h8-10H,1-7H2,(H,21,22). The fourth-order valence-electron chi connectivity index (χ4n) is 3.66. The van der Waals surface area contributed by atoms with Gasteiger partial charge in [0.15, 0.2) is 0 Å². The molecule has 0 spiro atoms. The lowest BCUT2D eigenvalue weighted by molar-refractivity contribution is 0.102. The second-order valence-corrected chi connectivity index (χ2v) is 7.42. The van der Waals surface area contributed by atoms with Gasteiger partial charge in [0.05, 0.1) is 5.56 Å². The van der Waals surface area contributed by atoms with Crippen LogP contribution in [0.3, 0.4) is 0 Å². The Bertz CT molecular complexity index is 829. The van der Waals surface area contributed by atoms with E-state index in [-0.39, 0.29) is 5.91 Å². The minimum absolute atomic E-state index is 0.102. The predicted molar refractivity (Wildman–Crippen MR) is 92.1 cm³/mol. The molecule has 1 heterocycles. The summed E-state index contributed by atoms with van der Waals surface area (Å²) < 4.78 is 0. The Kier molecular flexibility index (Phi) is 3.66.